The van der Waals surface area contributed by atoms with Gasteiger partial charge in [-0.05, 0) is 45.6 Å². The molecule has 2 rings (SSSR count). The Balaban J connectivity index is 1.88. The zero-order valence-corrected chi connectivity index (χ0v) is 11.1. The van der Waals surface area contributed by atoms with Gasteiger partial charge in [0.1, 0.15) is 5.78 Å². The Bertz CT molecular complexity index is 280. The Morgan fingerprint density at radius 3 is 2.44 bits per heavy atom. The summed E-state index contributed by atoms with van der Waals surface area (Å²) < 4.78 is 0. The first-order valence-electron chi connectivity index (χ1n) is 6.66. The molecule has 0 saturated heterocycles. The first-order valence-corrected chi connectivity index (χ1v) is 6.66. The van der Waals surface area contributed by atoms with Gasteiger partial charge in [-0.25, -0.2) is 0 Å². The van der Waals surface area contributed by atoms with Gasteiger partial charge in [-0.3, -0.25) is 4.79 Å². The van der Waals surface area contributed by atoms with E-state index in [4.69, 9.17) is 0 Å². The lowest BCUT2D eigenvalue weighted by Gasteiger charge is -2.27. The third-order valence-electron chi connectivity index (χ3n) is 4.66. The van der Waals surface area contributed by atoms with Gasteiger partial charge in [-0.15, -0.1) is 0 Å². The number of carbonyl (C=O) groups is 1. The average molecular weight is 223 g/mol. The van der Waals surface area contributed by atoms with Crippen molar-refractivity contribution in [2.24, 2.45) is 17.3 Å². The number of hydrogen-bond acceptors (Lipinski definition) is 2. The Labute approximate surface area is 99.4 Å². The highest BCUT2D eigenvalue weighted by Crippen LogP contribution is 2.39. The first kappa shape index (κ1) is 12.1. The number of carbonyl (C=O) groups excluding carboxylic acids is 1. The van der Waals surface area contributed by atoms with Gasteiger partial charge in [0.2, 0.25) is 0 Å². The average Bonchev–Trinajstić information content (AvgIpc) is 3.01. The van der Waals surface area contributed by atoms with Crippen LogP contribution in [0.25, 0.3) is 0 Å². The van der Waals surface area contributed by atoms with E-state index in [2.05, 4.69) is 32.7 Å². The lowest BCUT2D eigenvalue weighted by atomic mass is 9.89. The zero-order chi connectivity index (χ0) is 11.9. The van der Waals surface area contributed by atoms with Crippen molar-refractivity contribution in [2.45, 2.75) is 52.5 Å². The number of ketones is 1. The van der Waals surface area contributed by atoms with Crippen molar-refractivity contribution in [3.8, 4) is 0 Å². The molecule has 0 heterocycles. The van der Waals surface area contributed by atoms with E-state index in [0.717, 1.165) is 25.3 Å². The molecule has 2 fully saturated rings. The Kier molecular flexibility index (Phi) is 3.13. The third kappa shape index (κ3) is 2.32. The Morgan fingerprint density at radius 1 is 1.38 bits per heavy atom. The molecule has 0 amide bonds. The second-order valence-electron chi connectivity index (χ2n) is 6.50. The molecule has 0 aromatic heterocycles. The molecule has 2 nitrogen and oxygen atoms in total. The van der Waals surface area contributed by atoms with E-state index in [1.807, 2.05) is 0 Å². The molecule has 2 unspecified atom stereocenters. The van der Waals surface area contributed by atoms with Gasteiger partial charge >= 0.3 is 0 Å². The van der Waals surface area contributed by atoms with Crippen molar-refractivity contribution < 1.29 is 4.79 Å². The molecule has 2 heteroatoms. The molecule has 2 saturated carbocycles. The fourth-order valence-electron chi connectivity index (χ4n) is 2.97. The van der Waals surface area contributed by atoms with E-state index in [1.165, 1.54) is 12.8 Å². The number of Topliss-reactive ketones (excluding diaryl/α,β-unsaturated/α-hetero) is 1. The third-order valence-corrected chi connectivity index (χ3v) is 4.66. The van der Waals surface area contributed by atoms with Crippen molar-refractivity contribution in [2.75, 3.05) is 13.6 Å². The molecule has 0 aliphatic heterocycles. The molecule has 2 aliphatic carbocycles. The monoisotopic (exact) mass is 223 g/mol. The molecule has 0 N–H and O–H groups in total. The molecule has 0 aromatic carbocycles. The van der Waals surface area contributed by atoms with Crippen LogP contribution in [0.3, 0.4) is 0 Å². The summed E-state index contributed by atoms with van der Waals surface area (Å²) in [7, 11) is 2.18. The van der Waals surface area contributed by atoms with Crippen LogP contribution >= 0.6 is 0 Å². The maximum absolute atomic E-state index is 12.1. The van der Waals surface area contributed by atoms with Gasteiger partial charge in [0, 0.05) is 23.9 Å². The van der Waals surface area contributed by atoms with Crippen molar-refractivity contribution in [3.05, 3.63) is 0 Å². The molecule has 0 bridgehead atoms. The smallest absolute Gasteiger partial charge is 0.142 e. The van der Waals surface area contributed by atoms with Crippen molar-refractivity contribution in [1.29, 1.82) is 0 Å². The quantitative estimate of drug-likeness (QED) is 0.730. The van der Waals surface area contributed by atoms with Crippen LogP contribution < -0.4 is 0 Å². The minimum Gasteiger partial charge on any atom is -0.303 e. The number of rotatable bonds is 4. The maximum Gasteiger partial charge on any atom is 0.142 e. The minimum absolute atomic E-state index is 0.0612. The van der Waals surface area contributed by atoms with Crippen LogP contribution in [0.15, 0.2) is 0 Å². The summed E-state index contributed by atoms with van der Waals surface area (Å²) >= 11 is 0. The summed E-state index contributed by atoms with van der Waals surface area (Å²) in [6.07, 6.45) is 4.93. The molecule has 2 aliphatic rings. The highest BCUT2D eigenvalue weighted by molar-refractivity contribution is 5.88. The summed E-state index contributed by atoms with van der Waals surface area (Å²) in [5.41, 5.74) is -0.0612. The van der Waals surface area contributed by atoms with Crippen molar-refractivity contribution in [1.82, 2.24) is 4.90 Å². The number of hydrogen-bond donors (Lipinski definition) is 0. The largest absolute Gasteiger partial charge is 0.303 e. The van der Waals surface area contributed by atoms with Crippen LogP contribution in [0.2, 0.25) is 0 Å². The van der Waals surface area contributed by atoms with E-state index in [0.29, 0.717) is 17.7 Å². The Hall–Kier alpha value is -0.370. The maximum atomic E-state index is 12.1. The summed E-state index contributed by atoms with van der Waals surface area (Å²) in [4.78, 5) is 14.5. The van der Waals surface area contributed by atoms with Crippen molar-refractivity contribution >= 4 is 5.78 Å². The molecule has 0 aromatic rings. The lowest BCUT2D eigenvalue weighted by Crippen LogP contribution is -2.37. The van der Waals surface area contributed by atoms with Crippen LogP contribution in [0.1, 0.15) is 46.5 Å². The standard InChI is InChI=1S/C14H25NO/c1-10(11-5-6-11)15(4)9-12-7-8-14(2,3)13(12)16/h10-12H,5-9H2,1-4H3. The Morgan fingerprint density at radius 2 is 2.00 bits per heavy atom. The van der Waals surface area contributed by atoms with E-state index in [9.17, 15) is 4.79 Å². The molecule has 92 valence electrons. The molecule has 16 heavy (non-hydrogen) atoms. The second-order valence-corrected chi connectivity index (χ2v) is 6.50. The van der Waals surface area contributed by atoms with Crippen LogP contribution in [-0.4, -0.2) is 30.3 Å². The van der Waals surface area contributed by atoms with Gasteiger partial charge in [-0.2, -0.15) is 0 Å². The first-order chi connectivity index (χ1) is 7.42. The highest BCUT2D eigenvalue weighted by atomic mass is 16.1. The van der Waals surface area contributed by atoms with Crippen LogP contribution in [0.5, 0.6) is 0 Å². The van der Waals surface area contributed by atoms with E-state index in [-0.39, 0.29) is 5.41 Å². The molecule has 0 radical (unpaired) electrons. The van der Waals surface area contributed by atoms with Gasteiger partial charge in [-0.1, -0.05) is 13.8 Å². The topological polar surface area (TPSA) is 20.3 Å². The normalized spacial score (nSPS) is 31.1. The molecule has 2 atom stereocenters. The summed E-state index contributed by atoms with van der Waals surface area (Å²) in [6, 6.07) is 0.663. The summed E-state index contributed by atoms with van der Waals surface area (Å²) in [6.45, 7) is 7.47. The zero-order valence-electron chi connectivity index (χ0n) is 11.1. The van der Waals surface area contributed by atoms with Gasteiger partial charge in [0.15, 0.2) is 0 Å². The molecule has 0 spiro atoms. The SMILES string of the molecule is CC(C1CC1)N(C)CC1CCC(C)(C)C1=O. The number of nitrogens with zero attached hydrogens (tertiary/aromatic N) is 1. The summed E-state index contributed by atoms with van der Waals surface area (Å²) in [5, 5.41) is 0. The van der Waals surface area contributed by atoms with E-state index >= 15 is 0 Å². The second kappa shape index (κ2) is 4.14. The summed E-state index contributed by atoms with van der Waals surface area (Å²) in [5.74, 6) is 1.68. The lowest BCUT2D eigenvalue weighted by molar-refractivity contribution is -0.128. The highest BCUT2D eigenvalue weighted by Gasteiger charge is 2.41. The molecular formula is C14H25NO. The van der Waals surface area contributed by atoms with Crippen LogP contribution in [0.4, 0.5) is 0 Å². The van der Waals surface area contributed by atoms with Gasteiger partial charge < -0.3 is 4.90 Å². The van der Waals surface area contributed by atoms with Crippen molar-refractivity contribution in [3.63, 3.8) is 0 Å². The van der Waals surface area contributed by atoms with Crippen LogP contribution in [0, 0.1) is 17.3 Å². The fourth-order valence-corrected chi connectivity index (χ4v) is 2.97. The van der Waals surface area contributed by atoms with E-state index < -0.39 is 0 Å². The van der Waals surface area contributed by atoms with E-state index in [1.54, 1.807) is 0 Å². The minimum atomic E-state index is -0.0612. The van der Waals surface area contributed by atoms with Gasteiger partial charge in [0.25, 0.3) is 0 Å². The predicted octanol–water partition coefficient (Wildman–Crippen LogP) is 2.72. The molecular weight excluding hydrogens is 198 g/mol. The van der Waals surface area contributed by atoms with Crippen LogP contribution in [-0.2, 0) is 4.79 Å². The predicted molar refractivity (Wildman–Crippen MR) is 66.3 cm³/mol. The fraction of sp³-hybridized carbons (Fsp3) is 0.929. The van der Waals surface area contributed by atoms with Gasteiger partial charge in [0.05, 0.1) is 0 Å².